The highest BCUT2D eigenvalue weighted by Crippen LogP contribution is 2.40. The van der Waals surface area contributed by atoms with Crippen LogP contribution < -0.4 is 5.32 Å². The van der Waals surface area contributed by atoms with E-state index in [2.05, 4.69) is 26.1 Å². The van der Waals surface area contributed by atoms with Crippen LogP contribution in [0.1, 0.15) is 81.2 Å². The summed E-state index contributed by atoms with van der Waals surface area (Å²) in [5.74, 6) is -0.367. The Morgan fingerprint density at radius 1 is 1.06 bits per heavy atom. The molecule has 1 aliphatic rings. The number of carbonyl (C=O) groups is 2. The first-order chi connectivity index (χ1) is 15.4. The van der Waals surface area contributed by atoms with Crippen LogP contribution in [0.4, 0.5) is 4.79 Å². The molecule has 2 unspecified atom stereocenters. The molecule has 2 rings (SSSR count). The molecule has 7 nitrogen and oxygen atoms in total. The highest BCUT2D eigenvalue weighted by Gasteiger charge is 2.56. The van der Waals surface area contributed by atoms with Crippen LogP contribution in [0.25, 0.3) is 0 Å². The molecular formula is C26H44N2O5Si. The van der Waals surface area contributed by atoms with Gasteiger partial charge in [0.05, 0.1) is 18.1 Å². The van der Waals surface area contributed by atoms with Gasteiger partial charge in [-0.2, -0.15) is 0 Å². The van der Waals surface area contributed by atoms with Gasteiger partial charge in [-0.1, -0.05) is 51.1 Å². The second-order valence-electron chi connectivity index (χ2n) is 12.3. The number of ether oxygens (including phenoxy) is 2. The fourth-order valence-electron chi connectivity index (χ4n) is 4.08. The van der Waals surface area contributed by atoms with Crippen molar-refractivity contribution < 1.29 is 23.5 Å². The Morgan fingerprint density at radius 2 is 1.65 bits per heavy atom. The van der Waals surface area contributed by atoms with Crippen LogP contribution in [0.15, 0.2) is 30.3 Å². The molecule has 2 atom stereocenters. The van der Waals surface area contributed by atoms with Crippen LogP contribution in [0.2, 0.25) is 5.04 Å². The van der Waals surface area contributed by atoms with E-state index in [9.17, 15) is 9.59 Å². The van der Waals surface area contributed by atoms with Crippen LogP contribution >= 0.6 is 0 Å². The van der Waals surface area contributed by atoms with Crippen LogP contribution in [0, 0.1) is 0 Å². The number of esters is 1. The van der Waals surface area contributed by atoms with Crippen molar-refractivity contribution in [3.63, 3.8) is 0 Å². The zero-order valence-electron chi connectivity index (χ0n) is 22.7. The minimum atomic E-state index is -0.929. The molecule has 1 heterocycles. The average Bonchev–Trinajstić information content (AvgIpc) is 2.94. The van der Waals surface area contributed by atoms with Crippen LogP contribution in [0.5, 0.6) is 0 Å². The molecule has 1 saturated heterocycles. The van der Waals surface area contributed by atoms with E-state index < -0.39 is 38.8 Å². The van der Waals surface area contributed by atoms with Crippen LogP contribution in [-0.2, 0) is 25.2 Å². The summed E-state index contributed by atoms with van der Waals surface area (Å²) >= 11 is 0. The van der Waals surface area contributed by atoms with Crippen molar-refractivity contribution >= 4 is 21.8 Å². The molecule has 0 saturated carbocycles. The Bertz CT molecular complexity index is 843. The summed E-state index contributed by atoms with van der Waals surface area (Å²) in [6, 6.07) is 8.91. The lowest BCUT2D eigenvalue weighted by Gasteiger charge is -2.37. The number of amides is 2. The average molecular weight is 493 g/mol. The summed E-state index contributed by atoms with van der Waals surface area (Å²) in [6.45, 7) is 20.1. The molecule has 0 aliphatic carbocycles. The second kappa shape index (κ2) is 10.4. The highest BCUT2D eigenvalue weighted by atomic mass is 28.2. The van der Waals surface area contributed by atoms with Crippen molar-refractivity contribution in [2.75, 3.05) is 0 Å². The standard InChI is InChI=1S/C26H44N2O5Si/c1-23(2,3)31-20(29)16-19-21(25(7,8)33-34-24(4,5)6)32-26(9,10)28(19)22(30)27-17-18-14-12-11-13-15-18/h11-15,19,21H,16-17,34H2,1-10H3,(H,27,30). The van der Waals surface area contributed by atoms with Crippen LogP contribution in [-0.4, -0.2) is 55.7 Å². The first-order valence-corrected chi connectivity index (χ1v) is 13.3. The van der Waals surface area contributed by atoms with Gasteiger partial charge >= 0.3 is 12.0 Å². The molecule has 1 aliphatic heterocycles. The third kappa shape index (κ3) is 8.10. The van der Waals surface area contributed by atoms with E-state index in [-0.39, 0.29) is 23.5 Å². The predicted molar refractivity (Wildman–Crippen MR) is 137 cm³/mol. The number of rotatable bonds is 7. The number of benzene rings is 1. The Hall–Kier alpha value is -1.90. The van der Waals surface area contributed by atoms with E-state index in [0.717, 1.165) is 5.56 Å². The van der Waals surface area contributed by atoms with E-state index in [0.29, 0.717) is 6.54 Å². The summed E-state index contributed by atoms with van der Waals surface area (Å²) in [7, 11) is -0.898. The summed E-state index contributed by atoms with van der Waals surface area (Å²) in [6.07, 6.45) is -0.471. The first-order valence-electron chi connectivity index (χ1n) is 12.1. The predicted octanol–water partition coefficient (Wildman–Crippen LogP) is 4.53. The van der Waals surface area contributed by atoms with E-state index in [1.54, 1.807) is 4.90 Å². The van der Waals surface area contributed by atoms with Gasteiger partial charge in [0.15, 0.2) is 9.76 Å². The van der Waals surface area contributed by atoms with Gasteiger partial charge in [0.25, 0.3) is 0 Å². The summed E-state index contributed by atoms with van der Waals surface area (Å²) in [5.41, 5.74) is -1.23. The molecule has 1 fully saturated rings. The number of hydrogen-bond acceptors (Lipinski definition) is 5. The van der Waals surface area contributed by atoms with Gasteiger partial charge < -0.3 is 19.2 Å². The fraction of sp³-hybridized carbons (Fsp3) is 0.692. The lowest BCUT2D eigenvalue weighted by Crippen LogP contribution is -2.55. The second-order valence-corrected chi connectivity index (χ2v) is 15.0. The van der Waals surface area contributed by atoms with Gasteiger partial charge in [0, 0.05) is 6.54 Å². The quantitative estimate of drug-likeness (QED) is 0.447. The van der Waals surface area contributed by atoms with E-state index in [4.69, 9.17) is 13.9 Å². The van der Waals surface area contributed by atoms with E-state index in [1.807, 2.05) is 78.8 Å². The van der Waals surface area contributed by atoms with Gasteiger partial charge in [-0.05, 0) is 59.1 Å². The molecule has 8 heteroatoms. The largest absolute Gasteiger partial charge is 0.460 e. The molecule has 1 N–H and O–H groups in total. The van der Waals surface area contributed by atoms with Crippen molar-refractivity contribution in [3.8, 4) is 0 Å². The van der Waals surface area contributed by atoms with Gasteiger partial charge in [-0.3, -0.25) is 9.69 Å². The summed E-state index contributed by atoms with van der Waals surface area (Å²) in [4.78, 5) is 28.0. The van der Waals surface area contributed by atoms with Crippen molar-refractivity contribution in [3.05, 3.63) is 35.9 Å². The molecule has 0 bridgehead atoms. The summed E-state index contributed by atoms with van der Waals surface area (Å²) < 4.78 is 18.5. The molecular weight excluding hydrogens is 448 g/mol. The number of hydrogen-bond donors (Lipinski definition) is 1. The molecule has 1 aromatic carbocycles. The van der Waals surface area contributed by atoms with E-state index in [1.165, 1.54) is 0 Å². The molecule has 1 aromatic rings. The Morgan fingerprint density at radius 3 is 2.18 bits per heavy atom. The van der Waals surface area contributed by atoms with Gasteiger partial charge in [0.2, 0.25) is 0 Å². The maximum absolute atomic E-state index is 13.5. The minimum absolute atomic E-state index is 0.0218. The third-order valence-corrected chi connectivity index (χ3v) is 7.29. The third-order valence-electron chi connectivity index (χ3n) is 5.54. The van der Waals surface area contributed by atoms with Crippen LogP contribution in [0.3, 0.4) is 0 Å². The molecule has 2 amide bonds. The zero-order valence-corrected chi connectivity index (χ0v) is 24.1. The smallest absolute Gasteiger partial charge is 0.320 e. The lowest BCUT2D eigenvalue weighted by molar-refractivity contribution is -0.156. The Labute approximate surface area is 207 Å². The minimum Gasteiger partial charge on any atom is -0.460 e. The van der Waals surface area contributed by atoms with Crippen molar-refractivity contribution in [1.29, 1.82) is 0 Å². The van der Waals surface area contributed by atoms with Crippen molar-refractivity contribution in [1.82, 2.24) is 10.2 Å². The zero-order chi connectivity index (χ0) is 25.9. The fourth-order valence-corrected chi connectivity index (χ4v) is 5.05. The van der Waals surface area contributed by atoms with Gasteiger partial charge in [-0.25, -0.2) is 4.79 Å². The van der Waals surface area contributed by atoms with Gasteiger partial charge in [-0.15, -0.1) is 0 Å². The topological polar surface area (TPSA) is 77.1 Å². The Kier molecular flexibility index (Phi) is 8.65. The lowest BCUT2D eigenvalue weighted by atomic mass is 9.92. The Balaban J connectivity index is 2.32. The maximum Gasteiger partial charge on any atom is 0.320 e. The number of nitrogens with zero attached hydrogens (tertiary/aromatic N) is 1. The van der Waals surface area contributed by atoms with Crippen molar-refractivity contribution in [2.24, 2.45) is 0 Å². The number of nitrogens with one attached hydrogen (secondary N) is 1. The van der Waals surface area contributed by atoms with E-state index >= 15 is 0 Å². The monoisotopic (exact) mass is 492 g/mol. The van der Waals surface area contributed by atoms with Crippen molar-refractivity contribution in [2.45, 2.75) is 116 Å². The molecule has 0 spiro atoms. The molecule has 34 heavy (non-hydrogen) atoms. The number of urea groups is 1. The number of carbonyl (C=O) groups excluding carboxylic acids is 2. The molecule has 0 aromatic heterocycles. The summed E-state index contributed by atoms with van der Waals surface area (Å²) in [5, 5.41) is 3.10. The maximum atomic E-state index is 13.5. The first kappa shape index (κ1) is 28.3. The highest BCUT2D eigenvalue weighted by molar-refractivity contribution is 6.31. The molecule has 192 valence electrons. The molecule has 0 radical (unpaired) electrons. The SMILES string of the molecule is CC(C)(C)OC(=O)CC1C(C(C)(C)O[SiH2]C(C)(C)C)OC(C)(C)N1C(=O)NCc1ccccc1. The normalized spacial score (nSPS) is 21.2. The van der Waals surface area contributed by atoms with Gasteiger partial charge in [0.1, 0.15) is 17.4 Å².